The number of halogens is 2. The molecule has 1 aliphatic heterocycles. The van der Waals surface area contributed by atoms with Gasteiger partial charge in [-0.05, 0) is 42.3 Å². The monoisotopic (exact) mass is 363 g/mol. The van der Waals surface area contributed by atoms with Crippen LogP contribution in [0.5, 0.6) is 0 Å². The molecule has 0 saturated carbocycles. The Kier molecular flexibility index (Phi) is 4.94. The second-order valence-electron chi connectivity index (χ2n) is 7.03. The molecule has 128 valence electrons. The van der Waals surface area contributed by atoms with Crippen LogP contribution < -0.4 is 5.32 Å². The first-order valence-electron chi connectivity index (χ1n) is 8.30. The van der Waals surface area contributed by atoms with Gasteiger partial charge in [0.2, 0.25) is 0 Å². The molecule has 1 aliphatic rings. The van der Waals surface area contributed by atoms with Crippen molar-refractivity contribution in [1.29, 1.82) is 0 Å². The molecule has 24 heavy (non-hydrogen) atoms. The maximum absolute atomic E-state index is 11.2. The number of hydrogen-bond donors (Lipinski definition) is 2. The minimum Gasteiger partial charge on any atom is -0.389 e. The number of aliphatic hydroxyl groups is 1. The van der Waals surface area contributed by atoms with E-state index in [1.165, 1.54) is 0 Å². The highest BCUT2D eigenvalue weighted by atomic mass is 35.5. The van der Waals surface area contributed by atoms with Crippen LogP contribution in [0.3, 0.4) is 0 Å². The molecule has 4 heteroatoms. The highest BCUT2D eigenvalue weighted by Gasteiger charge is 2.48. The normalized spacial score (nSPS) is 33.4. The van der Waals surface area contributed by atoms with Crippen molar-refractivity contribution in [3.63, 3.8) is 0 Å². The zero-order valence-corrected chi connectivity index (χ0v) is 15.6. The lowest BCUT2D eigenvalue weighted by molar-refractivity contribution is -0.0960. The average Bonchev–Trinajstić information content (AvgIpc) is 2.56. The molecule has 2 nitrogen and oxygen atoms in total. The largest absolute Gasteiger partial charge is 0.389 e. The third-order valence-electron chi connectivity index (χ3n) is 5.66. The van der Waals surface area contributed by atoms with E-state index >= 15 is 0 Å². The summed E-state index contributed by atoms with van der Waals surface area (Å²) in [5.74, 6) is 0.134. The summed E-state index contributed by atoms with van der Waals surface area (Å²) < 4.78 is 0. The minimum atomic E-state index is -0.792. The van der Waals surface area contributed by atoms with E-state index in [2.05, 4.69) is 19.2 Å². The molecule has 1 heterocycles. The smallest absolute Gasteiger partial charge is 0.0706 e. The van der Waals surface area contributed by atoms with E-state index in [-0.39, 0.29) is 23.9 Å². The van der Waals surface area contributed by atoms with Crippen LogP contribution in [0.4, 0.5) is 0 Å². The Balaban J connectivity index is 1.98. The van der Waals surface area contributed by atoms with Gasteiger partial charge in [-0.3, -0.25) is 0 Å². The summed E-state index contributed by atoms with van der Waals surface area (Å²) in [5, 5.41) is 16.4. The Morgan fingerprint density at radius 2 is 1.12 bits per heavy atom. The van der Waals surface area contributed by atoms with Crippen molar-refractivity contribution in [3.05, 3.63) is 69.7 Å². The first kappa shape index (κ1) is 17.8. The van der Waals surface area contributed by atoms with E-state index in [1.54, 1.807) is 0 Å². The van der Waals surface area contributed by atoms with Gasteiger partial charge in [0.1, 0.15) is 0 Å². The van der Waals surface area contributed by atoms with Gasteiger partial charge in [-0.15, -0.1) is 0 Å². The predicted octanol–water partition coefficient (Wildman–Crippen LogP) is 5.40. The van der Waals surface area contributed by atoms with Gasteiger partial charge in [0, 0.05) is 34.0 Å². The lowest BCUT2D eigenvalue weighted by atomic mass is 9.67. The zero-order valence-electron chi connectivity index (χ0n) is 14.1. The molecule has 0 spiro atoms. The van der Waals surface area contributed by atoms with Crippen LogP contribution in [0.25, 0.3) is 0 Å². The Morgan fingerprint density at radius 3 is 1.46 bits per heavy atom. The van der Waals surface area contributed by atoms with E-state index in [0.717, 1.165) is 21.2 Å². The van der Waals surface area contributed by atoms with Gasteiger partial charge in [0.15, 0.2) is 0 Å². The Labute approximate surface area is 153 Å². The van der Waals surface area contributed by atoms with Gasteiger partial charge in [-0.1, -0.05) is 61.3 Å². The van der Waals surface area contributed by atoms with Crippen LogP contribution in [0.15, 0.2) is 48.5 Å². The van der Waals surface area contributed by atoms with Crippen molar-refractivity contribution in [2.45, 2.75) is 38.5 Å². The summed E-state index contributed by atoms with van der Waals surface area (Å²) in [7, 11) is 0. The molecule has 2 aromatic carbocycles. The summed E-state index contributed by atoms with van der Waals surface area (Å²) in [5.41, 5.74) is 1.48. The van der Waals surface area contributed by atoms with Crippen molar-refractivity contribution in [2.24, 2.45) is 11.8 Å². The topological polar surface area (TPSA) is 32.3 Å². The standard InChI is InChI=1S/C20H23Cl2NO/c1-12-18(14-4-8-16(21)9-5-14)23-19(13(2)20(12,3)24)15-6-10-17(22)11-7-15/h4-13,18-19,23-24H,1-3H3/t12-,13+,18-,19-,20?/m1/s1. The molecule has 2 N–H and O–H groups in total. The number of benzene rings is 2. The van der Waals surface area contributed by atoms with Crippen LogP contribution in [-0.4, -0.2) is 10.7 Å². The van der Waals surface area contributed by atoms with Gasteiger partial charge in [0.25, 0.3) is 0 Å². The van der Waals surface area contributed by atoms with Crippen molar-refractivity contribution in [3.8, 4) is 0 Å². The fraction of sp³-hybridized carbons (Fsp3) is 0.400. The summed E-state index contributed by atoms with van der Waals surface area (Å²) in [6, 6.07) is 15.8. The lowest BCUT2D eigenvalue weighted by Crippen LogP contribution is -2.56. The number of hydrogen-bond acceptors (Lipinski definition) is 2. The molecule has 3 rings (SSSR count). The second kappa shape index (κ2) is 6.68. The SMILES string of the molecule is C[C@@H]1[C@H](c2ccc(Cl)cc2)N[C@@H](c2ccc(Cl)cc2)[C@H](C)C1(C)O. The Hall–Kier alpha value is -1.06. The van der Waals surface area contributed by atoms with Crippen LogP contribution in [-0.2, 0) is 0 Å². The fourth-order valence-electron chi connectivity index (χ4n) is 3.68. The van der Waals surface area contributed by atoms with Crippen molar-refractivity contribution in [2.75, 3.05) is 0 Å². The maximum atomic E-state index is 11.2. The number of piperidine rings is 1. The second-order valence-corrected chi connectivity index (χ2v) is 7.90. The highest BCUT2D eigenvalue weighted by molar-refractivity contribution is 6.30. The molecule has 2 aromatic rings. The molecule has 0 radical (unpaired) electrons. The average molecular weight is 364 g/mol. The Bertz CT molecular complexity index is 637. The van der Waals surface area contributed by atoms with Gasteiger partial charge < -0.3 is 10.4 Å². The van der Waals surface area contributed by atoms with E-state index < -0.39 is 5.60 Å². The Morgan fingerprint density at radius 1 is 0.792 bits per heavy atom. The van der Waals surface area contributed by atoms with Crippen molar-refractivity contribution in [1.82, 2.24) is 5.32 Å². The number of nitrogens with one attached hydrogen (secondary N) is 1. The summed E-state index contributed by atoms with van der Waals surface area (Å²) in [4.78, 5) is 0. The summed E-state index contributed by atoms with van der Waals surface area (Å²) in [6.07, 6.45) is 0. The van der Waals surface area contributed by atoms with E-state index in [0.29, 0.717) is 0 Å². The van der Waals surface area contributed by atoms with Gasteiger partial charge in [-0.2, -0.15) is 0 Å². The molecule has 0 bridgehead atoms. The molecule has 5 atom stereocenters. The number of rotatable bonds is 2. The molecule has 0 aliphatic carbocycles. The van der Waals surface area contributed by atoms with Crippen LogP contribution in [0.1, 0.15) is 44.0 Å². The maximum Gasteiger partial charge on any atom is 0.0706 e. The van der Waals surface area contributed by atoms with E-state index in [4.69, 9.17) is 23.2 Å². The first-order valence-corrected chi connectivity index (χ1v) is 9.05. The molecule has 0 aromatic heterocycles. The first-order chi connectivity index (χ1) is 11.3. The predicted molar refractivity (Wildman–Crippen MR) is 100 cm³/mol. The molecule has 1 saturated heterocycles. The summed E-state index contributed by atoms with van der Waals surface area (Å²) in [6.45, 7) is 6.14. The molecule has 1 fully saturated rings. The quantitative estimate of drug-likeness (QED) is 0.748. The van der Waals surface area contributed by atoms with Gasteiger partial charge in [0.05, 0.1) is 5.60 Å². The van der Waals surface area contributed by atoms with E-state index in [9.17, 15) is 5.11 Å². The van der Waals surface area contributed by atoms with Gasteiger partial charge >= 0.3 is 0 Å². The van der Waals surface area contributed by atoms with Crippen molar-refractivity contribution < 1.29 is 5.11 Å². The van der Waals surface area contributed by atoms with Crippen molar-refractivity contribution >= 4 is 23.2 Å². The minimum absolute atomic E-state index is 0.0501. The lowest BCUT2D eigenvalue weighted by Gasteiger charge is -2.50. The molecule has 0 amide bonds. The fourth-order valence-corrected chi connectivity index (χ4v) is 3.93. The summed E-state index contributed by atoms with van der Waals surface area (Å²) >= 11 is 12.0. The highest BCUT2D eigenvalue weighted by Crippen LogP contribution is 2.46. The van der Waals surface area contributed by atoms with Crippen LogP contribution in [0, 0.1) is 11.8 Å². The molecular formula is C20H23Cl2NO. The van der Waals surface area contributed by atoms with Crippen LogP contribution in [0.2, 0.25) is 10.0 Å². The molecular weight excluding hydrogens is 341 g/mol. The third-order valence-corrected chi connectivity index (χ3v) is 6.17. The van der Waals surface area contributed by atoms with Crippen LogP contribution >= 0.6 is 23.2 Å². The third kappa shape index (κ3) is 3.21. The van der Waals surface area contributed by atoms with Gasteiger partial charge in [-0.25, -0.2) is 0 Å². The molecule has 1 unspecified atom stereocenters. The van der Waals surface area contributed by atoms with E-state index in [1.807, 2.05) is 55.5 Å². The zero-order chi connectivity index (χ0) is 17.5.